The van der Waals surface area contributed by atoms with Gasteiger partial charge in [-0.15, -0.1) is 0 Å². The van der Waals surface area contributed by atoms with Gasteiger partial charge in [-0.3, -0.25) is 4.90 Å². The predicted molar refractivity (Wildman–Crippen MR) is 78.4 cm³/mol. The minimum atomic E-state index is 0.111. The van der Waals surface area contributed by atoms with E-state index >= 15 is 0 Å². The molecular formula is C16H30N2O. The van der Waals surface area contributed by atoms with Gasteiger partial charge >= 0.3 is 0 Å². The maximum atomic E-state index is 6.18. The molecule has 3 fully saturated rings. The molecule has 19 heavy (non-hydrogen) atoms. The van der Waals surface area contributed by atoms with E-state index in [1.807, 2.05) is 0 Å². The molecular weight excluding hydrogens is 236 g/mol. The Bertz CT molecular complexity index is 310. The van der Waals surface area contributed by atoms with Crippen molar-refractivity contribution < 1.29 is 4.74 Å². The Balaban J connectivity index is 1.57. The first-order valence-electron chi connectivity index (χ1n) is 8.22. The summed E-state index contributed by atoms with van der Waals surface area (Å²) in [6.45, 7) is 9.30. The summed E-state index contributed by atoms with van der Waals surface area (Å²) in [4.78, 5) is 2.68. The minimum absolute atomic E-state index is 0.111. The van der Waals surface area contributed by atoms with Gasteiger partial charge in [-0.25, -0.2) is 0 Å². The lowest BCUT2D eigenvalue weighted by atomic mass is 9.97. The molecule has 0 amide bonds. The molecule has 1 aliphatic carbocycles. The largest absolute Gasteiger partial charge is 0.371 e. The van der Waals surface area contributed by atoms with E-state index in [0.717, 1.165) is 6.54 Å². The van der Waals surface area contributed by atoms with Crippen molar-refractivity contribution in [1.82, 2.24) is 10.2 Å². The molecule has 1 unspecified atom stereocenters. The standard InChI is InChI=1S/C16H30N2O/c1-15(2)9-6-14(19-15)12-18-11-5-10-17-16(13-18)7-3-4-8-16/h14,17H,3-13H2,1-2H3. The van der Waals surface area contributed by atoms with E-state index in [1.165, 1.54) is 64.6 Å². The van der Waals surface area contributed by atoms with Crippen LogP contribution in [0.4, 0.5) is 0 Å². The van der Waals surface area contributed by atoms with E-state index in [9.17, 15) is 0 Å². The van der Waals surface area contributed by atoms with Crippen molar-refractivity contribution in [3.8, 4) is 0 Å². The lowest BCUT2D eigenvalue weighted by Gasteiger charge is -2.34. The zero-order valence-electron chi connectivity index (χ0n) is 12.7. The van der Waals surface area contributed by atoms with Crippen molar-refractivity contribution in [3.63, 3.8) is 0 Å². The van der Waals surface area contributed by atoms with Crippen LogP contribution in [0.15, 0.2) is 0 Å². The van der Waals surface area contributed by atoms with E-state index in [2.05, 4.69) is 24.1 Å². The second-order valence-electron chi connectivity index (χ2n) is 7.54. The highest BCUT2D eigenvalue weighted by molar-refractivity contribution is 4.97. The quantitative estimate of drug-likeness (QED) is 0.831. The Kier molecular flexibility index (Phi) is 3.89. The van der Waals surface area contributed by atoms with Crippen molar-refractivity contribution in [2.75, 3.05) is 26.2 Å². The van der Waals surface area contributed by atoms with Gasteiger partial charge in [0.05, 0.1) is 11.7 Å². The number of ether oxygens (including phenoxy) is 1. The van der Waals surface area contributed by atoms with Crippen LogP contribution in [0, 0.1) is 0 Å². The first kappa shape index (κ1) is 13.8. The summed E-state index contributed by atoms with van der Waals surface area (Å²) in [5.41, 5.74) is 0.546. The van der Waals surface area contributed by atoms with Crippen molar-refractivity contribution >= 4 is 0 Å². The third-order valence-electron chi connectivity index (χ3n) is 5.25. The molecule has 0 aromatic rings. The van der Waals surface area contributed by atoms with Gasteiger partial charge in [0.2, 0.25) is 0 Å². The fourth-order valence-corrected chi connectivity index (χ4v) is 4.26. The summed E-state index contributed by atoms with van der Waals surface area (Å²) in [6.07, 6.45) is 9.78. The highest BCUT2D eigenvalue weighted by Crippen LogP contribution is 2.33. The average molecular weight is 266 g/mol. The topological polar surface area (TPSA) is 24.5 Å². The van der Waals surface area contributed by atoms with Gasteiger partial charge < -0.3 is 10.1 Å². The van der Waals surface area contributed by atoms with Crippen LogP contribution in [0.25, 0.3) is 0 Å². The van der Waals surface area contributed by atoms with Crippen molar-refractivity contribution in [2.24, 2.45) is 0 Å². The lowest BCUT2D eigenvalue weighted by Crippen LogP contribution is -2.50. The SMILES string of the molecule is CC1(C)CCC(CN2CCCNC3(CCCC3)C2)O1. The summed E-state index contributed by atoms with van der Waals surface area (Å²) < 4.78 is 6.18. The van der Waals surface area contributed by atoms with Crippen LogP contribution in [0.3, 0.4) is 0 Å². The number of nitrogens with one attached hydrogen (secondary N) is 1. The Morgan fingerprint density at radius 1 is 1.16 bits per heavy atom. The molecule has 2 aliphatic heterocycles. The summed E-state index contributed by atoms with van der Waals surface area (Å²) in [6, 6.07) is 0. The van der Waals surface area contributed by atoms with Crippen LogP contribution in [-0.2, 0) is 4.74 Å². The molecule has 3 aliphatic rings. The average Bonchev–Trinajstić information content (AvgIpc) is 2.85. The second-order valence-corrected chi connectivity index (χ2v) is 7.54. The molecule has 3 nitrogen and oxygen atoms in total. The molecule has 0 aromatic heterocycles. The van der Waals surface area contributed by atoms with E-state index in [4.69, 9.17) is 4.74 Å². The third kappa shape index (κ3) is 3.32. The predicted octanol–water partition coefficient (Wildman–Crippen LogP) is 2.55. The number of rotatable bonds is 2. The summed E-state index contributed by atoms with van der Waals surface area (Å²) in [5, 5.41) is 3.85. The highest BCUT2D eigenvalue weighted by atomic mass is 16.5. The van der Waals surface area contributed by atoms with E-state index in [-0.39, 0.29) is 5.60 Å². The zero-order valence-corrected chi connectivity index (χ0v) is 12.7. The number of hydrogen-bond donors (Lipinski definition) is 1. The van der Waals surface area contributed by atoms with Gasteiger partial charge in [-0.05, 0) is 59.0 Å². The van der Waals surface area contributed by atoms with Gasteiger partial charge in [0.15, 0.2) is 0 Å². The maximum absolute atomic E-state index is 6.18. The summed E-state index contributed by atoms with van der Waals surface area (Å²) >= 11 is 0. The van der Waals surface area contributed by atoms with Crippen molar-refractivity contribution in [1.29, 1.82) is 0 Å². The molecule has 0 radical (unpaired) electrons. The lowest BCUT2D eigenvalue weighted by molar-refractivity contribution is -0.0301. The van der Waals surface area contributed by atoms with Gasteiger partial charge in [0, 0.05) is 18.6 Å². The molecule has 1 saturated carbocycles. The molecule has 1 atom stereocenters. The second kappa shape index (κ2) is 5.34. The van der Waals surface area contributed by atoms with Gasteiger partial charge in [0.25, 0.3) is 0 Å². The summed E-state index contributed by atoms with van der Waals surface area (Å²) in [7, 11) is 0. The molecule has 1 spiro atoms. The zero-order chi connectivity index (χ0) is 13.3. The third-order valence-corrected chi connectivity index (χ3v) is 5.25. The van der Waals surface area contributed by atoms with E-state index in [1.54, 1.807) is 0 Å². The fraction of sp³-hybridized carbons (Fsp3) is 1.00. The highest BCUT2D eigenvalue weighted by Gasteiger charge is 2.38. The molecule has 0 aromatic carbocycles. The normalized spacial score (nSPS) is 34.7. The Morgan fingerprint density at radius 2 is 1.95 bits per heavy atom. The number of nitrogens with zero attached hydrogens (tertiary/aromatic N) is 1. The van der Waals surface area contributed by atoms with Crippen LogP contribution in [0.5, 0.6) is 0 Å². The van der Waals surface area contributed by atoms with Crippen LogP contribution in [-0.4, -0.2) is 48.3 Å². The maximum Gasteiger partial charge on any atom is 0.0710 e. The van der Waals surface area contributed by atoms with Crippen LogP contribution >= 0.6 is 0 Å². The van der Waals surface area contributed by atoms with Crippen LogP contribution in [0.1, 0.15) is 58.8 Å². The molecule has 110 valence electrons. The molecule has 2 saturated heterocycles. The first-order valence-corrected chi connectivity index (χ1v) is 8.22. The monoisotopic (exact) mass is 266 g/mol. The van der Waals surface area contributed by atoms with E-state index < -0.39 is 0 Å². The smallest absolute Gasteiger partial charge is 0.0710 e. The minimum Gasteiger partial charge on any atom is -0.371 e. The van der Waals surface area contributed by atoms with Gasteiger partial charge in [-0.1, -0.05) is 12.8 Å². The fourth-order valence-electron chi connectivity index (χ4n) is 4.26. The summed E-state index contributed by atoms with van der Waals surface area (Å²) in [5.74, 6) is 0. The molecule has 3 heteroatoms. The van der Waals surface area contributed by atoms with Gasteiger partial charge in [-0.2, -0.15) is 0 Å². The Hall–Kier alpha value is -0.120. The number of hydrogen-bond acceptors (Lipinski definition) is 3. The molecule has 0 bridgehead atoms. The van der Waals surface area contributed by atoms with Crippen LogP contribution in [0.2, 0.25) is 0 Å². The van der Waals surface area contributed by atoms with Gasteiger partial charge in [0.1, 0.15) is 0 Å². The molecule has 3 rings (SSSR count). The van der Waals surface area contributed by atoms with Crippen molar-refractivity contribution in [2.45, 2.75) is 76.0 Å². The van der Waals surface area contributed by atoms with Crippen molar-refractivity contribution in [3.05, 3.63) is 0 Å². The van der Waals surface area contributed by atoms with Crippen LogP contribution < -0.4 is 5.32 Å². The van der Waals surface area contributed by atoms with E-state index in [0.29, 0.717) is 11.6 Å². The first-order chi connectivity index (χ1) is 9.07. The Morgan fingerprint density at radius 3 is 2.63 bits per heavy atom. The molecule has 1 N–H and O–H groups in total. The Labute approximate surface area is 118 Å². The molecule has 2 heterocycles.